The minimum atomic E-state index is -2.00. The molecular formula is C83H139N21O33S. The second-order valence-corrected chi connectivity index (χ2v) is 36.2. The van der Waals surface area contributed by atoms with E-state index in [4.69, 9.17) is 16.6 Å². The molecule has 780 valence electrons. The summed E-state index contributed by atoms with van der Waals surface area (Å²) in [5, 5.41) is 141. The maximum absolute atomic E-state index is 14.5. The summed E-state index contributed by atoms with van der Waals surface area (Å²) in [6.07, 6.45) is -8.60. The largest absolute Gasteiger partial charge is 0.481 e. The molecule has 2 aliphatic rings. The molecule has 22 atom stereocenters. The van der Waals surface area contributed by atoms with Crippen molar-refractivity contribution in [2.24, 2.45) is 41.1 Å². The molecule has 0 unspecified atom stereocenters. The molecule has 0 aliphatic carbocycles. The molecule has 0 aromatic rings. The second-order valence-electron chi connectivity index (χ2n) is 35.2. The first-order valence-electron chi connectivity index (χ1n) is 44.8. The van der Waals surface area contributed by atoms with Crippen LogP contribution in [0.1, 0.15) is 161 Å². The van der Waals surface area contributed by atoms with Crippen molar-refractivity contribution in [1.29, 1.82) is 0 Å². The van der Waals surface area contributed by atoms with E-state index in [2.05, 4.69) is 90.4 Å². The highest BCUT2D eigenvalue weighted by atomic mass is 32.2. The third-order valence-electron chi connectivity index (χ3n) is 22.0. The maximum atomic E-state index is 14.5. The van der Waals surface area contributed by atoms with Gasteiger partial charge in [-0.25, -0.2) is 4.79 Å². The van der Waals surface area contributed by atoms with E-state index in [0.717, 1.165) is 37.5 Å². The van der Waals surface area contributed by atoms with Crippen LogP contribution in [-0.4, -0.2) is 388 Å². The minimum absolute atomic E-state index is 0.0444. The number of carboxylic acids is 3. The summed E-state index contributed by atoms with van der Waals surface area (Å²) in [6, 6.07) is -30.2. The summed E-state index contributed by atoms with van der Waals surface area (Å²) < 4.78 is 0. The molecule has 2 rings (SSSR count). The monoisotopic (exact) mass is 1990 g/mol. The van der Waals surface area contributed by atoms with Gasteiger partial charge >= 0.3 is 17.9 Å². The Hall–Kier alpha value is -12.2. The highest BCUT2D eigenvalue weighted by Gasteiger charge is 2.46. The van der Waals surface area contributed by atoms with E-state index in [1.807, 2.05) is 0 Å². The first-order chi connectivity index (χ1) is 64.3. The molecule has 0 bridgehead atoms. The molecule has 138 heavy (non-hydrogen) atoms. The fourth-order valence-corrected chi connectivity index (χ4v) is 14.5. The van der Waals surface area contributed by atoms with E-state index in [1.165, 1.54) is 53.3 Å². The van der Waals surface area contributed by atoms with Gasteiger partial charge in [0, 0.05) is 25.9 Å². The molecule has 55 heteroatoms. The average Bonchev–Trinajstić information content (AvgIpc) is 1.62. The van der Waals surface area contributed by atoms with Crippen molar-refractivity contribution in [2.45, 2.75) is 294 Å². The molecule has 2 heterocycles. The van der Waals surface area contributed by atoms with Gasteiger partial charge in [0.15, 0.2) is 6.04 Å². The summed E-state index contributed by atoms with van der Waals surface area (Å²) >= 11 is 1.24. The summed E-state index contributed by atoms with van der Waals surface area (Å²) in [5.74, 6) is -29.7. The van der Waals surface area contributed by atoms with Crippen LogP contribution in [0, 0.1) is 29.6 Å². The predicted molar refractivity (Wildman–Crippen MR) is 483 cm³/mol. The van der Waals surface area contributed by atoms with Crippen LogP contribution >= 0.6 is 11.8 Å². The zero-order chi connectivity index (χ0) is 105. The molecule has 2 fully saturated rings. The van der Waals surface area contributed by atoms with Gasteiger partial charge in [-0.2, -0.15) is 11.8 Å². The van der Waals surface area contributed by atoms with Gasteiger partial charge < -0.3 is 163 Å². The third kappa shape index (κ3) is 39.4. The molecular weight excluding hydrogens is 1850 g/mol. The molecule has 0 aromatic carbocycles. The summed E-state index contributed by atoms with van der Waals surface area (Å²) in [7, 11) is 0. The lowest BCUT2D eigenvalue weighted by atomic mass is 9.98. The number of carbonyl (C=O) groups excluding carboxylic acids is 20. The smallest absolute Gasteiger partial charge is 0.328 e. The lowest BCUT2D eigenvalue weighted by Crippen LogP contribution is -2.63. The third-order valence-corrected chi connectivity index (χ3v) is 22.7. The molecule has 0 aromatic heterocycles. The molecule has 0 saturated carbocycles. The van der Waals surface area contributed by atoms with Crippen molar-refractivity contribution in [3.63, 3.8) is 0 Å². The molecule has 54 nitrogen and oxygen atoms in total. The fourth-order valence-electron chi connectivity index (χ4n) is 14.0. The van der Waals surface area contributed by atoms with E-state index < -0.39 is 364 Å². The van der Waals surface area contributed by atoms with E-state index in [9.17, 15) is 156 Å². The van der Waals surface area contributed by atoms with Crippen molar-refractivity contribution in [2.75, 3.05) is 58.0 Å². The van der Waals surface area contributed by atoms with Crippen LogP contribution in [0.15, 0.2) is 0 Å². The number of rotatable bonds is 60. The molecule has 2 saturated heterocycles. The first-order valence-corrected chi connectivity index (χ1v) is 46.2. The van der Waals surface area contributed by atoms with Crippen molar-refractivity contribution < 1.29 is 161 Å². The number of aliphatic hydroxyl groups excluding tert-OH is 7. The zero-order valence-electron chi connectivity index (χ0n) is 79.6. The second kappa shape index (κ2) is 59.2. The normalized spacial score (nSPS) is 17.9. The number of likely N-dealkylation sites (tertiary alicyclic amines) is 2. The number of primary amides is 1. The van der Waals surface area contributed by atoms with Crippen LogP contribution in [0.5, 0.6) is 0 Å². The average molecular weight is 1990 g/mol. The van der Waals surface area contributed by atoms with Crippen molar-refractivity contribution in [1.82, 2.24) is 100 Å². The lowest BCUT2D eigenvalue weighted by Gasteiger charge is -2.32. The van der Waals surface area contributed by atoms with Crippen LogP contribution in [0.2, 0.25) is 0 Å². The van der Waals surface area contributed by atoms with Gasteiger partial charge in [-0.15, -0.1) is 0 Å². The van der Waals surface area contributed by atoms with Crippen LogP contribution in [-0.2, 0) is 110 Å². The molecule has 0 radical (unpaired) electrons. The Balaban J connectivity index is 2.26. The Morgan fingerprint density at radius 2 is 0.652 bits per heavy atom. The van der Waals surface area contributed by atoms with Gasteiger partial charge in [-0.1, -0.05) is 69.2 Å². The number of aliphatic carboxylic acids is 3. The number of nitrogens with zero attached hydrogens (tertiary/aromatic N) is 2. The number of thioether (sulfide) groups is 1. The van der Waals surface area contributed by atoms with Crippen LogP contribution in [0.4, 0.5) is 0 Å². The van der Waals surface area contributed by atoms with Crippen molar-refractivity contribution in [3.8, 4) is 0 Å². The van der Waals surface area contributed by atoms with E-state index in [1.54, 1.807) is 34.0 Å². The van der Waals surface area contributed by atoms with Gasteiger partial charge in [0.2, 0.25) is 118 Å². The number of carboxylic acid groups (broad SMARTS) is 3. The predicted octanol–water partition coefficient (Wildman–Crippen LogP) is -13.0. The van der Waals surface area contributed by atoms with Gasteiger partial charge in [-0.05, 0) is 114 Å². The van der Waals surface area contributed by atoms with E-state index >= 15 is 0 Å². The standard InChI is InChI=1S/C83H139N21O33S/c1-34(2)57(74(127)87-29-53(113)86-30-54(114)94-62(39(11)108)80(133)99-61(38(9)10)78(131)102-65(42(14)111)83(136)137)97-73(126)51-19-16-25-103(51)81(134)46(21-23-55(115)116)90-69(122)48(32-106)93-76(129)58(35(3)4)96-71(124)49(33-107)91-70(123)47(31-105)92-72(125)50-18-17-26-104(50)82(135)64(41(13)110)101-67(120)44(20-22-52(85)112)88-79(132)63(40(12)109)100-68(121)45(24-27-138-15)89-75(128)59(36(5)6)98-77(130)60(37(7)8)95-66(119)43(84)28-56(117)118/h34-51,57-65,105-111H,16-33,84H2,1-15H3,(H2,85,112)(H,86,113)(H,87,127)(H,88,132)(H,89,128)(H,90,122)(H,91,123)(H,92,125)(H,93,129)(H,94,114)(H,95,119)(H,96,124)(H,97,126)(H,98,130)(H,99,133)(H,100,121)(H,101,120)(H,102,131)(H,115,116)(H,117,118)(H,136,137)/t39-,40-,41-,42-,43+,44+,45+,46+,47+,48+,49+,50+,51+,57+,58+,59+,60+,61+,62+,63+,64+,65+/m1/s1. The highest BCUT2D eigenvalue weighted by Crippen LogP contribution is 2.24. The molecule has 0 spiro atoms. The van der Waals surface area contributed by atoms with Crippen molar-refractivity contribution in [3.05, 3.63) is 0 Å². The van der Waals surface area contributed by atoms with E-state index in [-0.39, 0.29) is 50.9 Å². The van der Waals surface area contributed by atoms with Crippen molar-refractivity contribution >= 4 is 148 Å². The van der Waals surface area contributed by atoms with Gasteiger partial charge in [-0.3, -0.25) is 105 Å². The number of nitrogens with two attached hydrogens (primary N) is 2. The number of hydrogen-bond acceptors (Lipinski definition) is 32. The Labute approximate surface area is 799 Å². The zero-order valence-corrected chi connectivity index (χ0v) is 80.5. The highest BCUT2D eigenvalue weighted by molar-refractivity contribution is 7.98. The van der Waals surface area contributed by atoms with Gasteiger partial charge in [0.1, 0.15) is 96.7 Å². The molecule has 31 N–H and O–H groups in total. The van der Waals surface area contributed by atoms with Gasteiger partial charge in [0.05, 0.1) is 69.8 Å². The molecule has 20 amide bonds. The Morgan fingerprint density at radius 3 is 1.07 bits per heavy atom. The Bertz CT molecular complexity index is 4270. The summed E-state index contributed by atoms with van der Waals surface area (Å²) in [6.45, 7) is 13.6. The molecule has 2 aliphatic heterocycles. The maximum Gasteiger partial charge on any atom is 0.328 e. The first kappa shape index (κ1) is 122. The van der Waals surface area contributed by atoms with Gasteiger partial charge in [0.25, 0.3) is 0 Å². The summed E-state index contributed by atoms with van der Waals surface area (Å²) in [5.41, 5.74) is 11.1. The van der Waals surface area contributed by atoms with Crippen LogP contribution < -0.4 is 102 Å². The number of amides is 20. The Morgan fingerprint density at radius 1 is 0.333 bits per heavy atom. The topological polar surface area (TPSA) is 858 Å². The summed E-state index contributed by atoms with van der Waals surface area (Å²) in [4.78, 5) is 310. The number of nitrogens with one attached hydrogen (secondary N) is 17. The quantitative estimate of drug-likeness (QED) is 0.0269. The number of carbonyl (C=O) groups is 23. The number of hydrogen-bond donors (Lipinski definition) is 29. The minimum Gasteiger partial charge on any atom is -0.481 e. The van der Waals surface area contributed by atoms with E-state index in [0.29, 0.717) is 0 Å². The van der Waals surface area contributed by atoms with Crippen LogP contribution in [0.3, 0.4) is 0 Å². The Kier molecular flexibility index (Phi) is 52.3. The SMILES string of the molecule is CSCC[C@H](NC(=O)[C@@H](NC(=O)[C@@H](NC(=O)[C@@H](N)CC(=O)O)C(C)C)C(C)C)C(=O)N[C@H](C(=O)N[C@@H](CCC(N)=O)C(=O)N[C@H](C(=O)N1CCC[C@H]1C(=O)N[C@@H](CO)C(=O)N[C@@H](CO)C(=O)N[C@H](C(=O)N[C@@H](CO)C(=O)N[C@@H](CCC(=O)O)C(=O)N1CCC[C@H]1C(=O)N[C@H](C(=O)NCC(=O)NCC(=O)N[C@H](C(=O)N[C@H](C(=O)N[C@H](C(=O)O)[C@@H](C)O)C(C)C)[C@@H](C)O)C(C)C)C(C)C)[C@@H](C)O)[C@@H](C)O. The number of aliphatic hydroxyl groups is 7. The van der Waals surface area contributed by atoms with Crippen LogP contribution in [0.25, 0.3) is 0 Å². The lowest BCUT2D eigenvalue weighted by molar-refractivity contribution is -0.145. The fraction of sp³-hybridized carbons (Fsp3) is 0.723.